The maximum atomic E-state index is 14.9. The lowest BCUT2D eigenvalue weighted by Gasteiger charge is -2.28. The van der Waals surface area contributed by atoms with Gasteiger partial charge in [0.1, 0.15) is 11.4 Å². The molecule has 5 N–H and O–H groups in total. The minimum Gasteiger partial charge on any atom is -0.384 e. The molecular formula is C37H44FN5O3. The van der Waals surface area contributed by atoms with E-state index < -0.39 is 22.9 Å². The molecule has 8 nitrogen and oxygen atoms in total. The van der Waals surface area contributed by atoms with Crippen LogP contribution in [-0.4, -0.2) is 26.0 Å². The highest BCUT2D eigenvalue weighted by atomic mass is 19.1. The summed E-state index contributed by atoms with van der Waals surface area (Å²) < 4.78 is 14.9. The molecule has 1 amide bonds. The molecule has 242 valence electrons. The van der Waals surface area contributed by atoms with Gasteiger partial charge in [0, 0.05) is 45.3 Å². The highest BCUT2D eigenvalue weighted by Gasteiger charge is 2.28. The van der Waals surface area contributed by atoms with E-state index in [0.29, 0.717) is 27.7 Å². The molecule has 3 heterocycles. The van der Waals surface area contributed by atoms with Gasteiger partial charge >= 0.3 is 0 Å². The van der Waals surface area contributed by atoms with Gasteiger partial charge in [-0.25, -0.2) is 4.39 Å². The third-order valence-electron chi connectivity index (χ3n) is 7.84. The average molecular weight is 626 g/mol. The first-order valence-corrected chi connectivity index (χ1v) is 15.2. The number of carbonyl (C=O) groups is 1. The van der Waals surface area contributed by atoms with Crippen LogP contribution >= 0.6 is 0 Å². The van der Waals surface area contributed by atoms with Gasteiger partial charge in [-0.1, -0.05) is 32.9 Å². The molecule has 0 fully saturated rings. The van der Waals surface area contributed by atoms with Crippen molar-refractivity contribution in [3.63, 3.8) is 0 Å². The van der Waals surface area contributed by atoms with Crippen LogP contribution in [0.15, 0.2) is 77.9 Å². The number of amides is 1. The monoisotopic (exact) mass is 625 g/mol. The zero-order valence-corrected chi connectivity index (χ0v) is 28.0. The summed E-state index contributed by atoms with van der Waals surface area (Å²) in [5.41, 5.74) is 7.73. The number of nitrogens with two attached hydrogens (primary N) is 1. The van der Waals surface area contributed by atoms with Crippen LogP contribution in [0.5, 0.6) is 0 Å². The zero-order chi connectivity index (χ0) is 34.2. The van der Waals surface area contributed by atoms with E-state index in [0.717, 1.165) is 17.3 Å². The summed E-state index contributed by atoms with van der Waals surface area (Å²) in [6, 6.07) is 16.9. The Morgan fingerprint density at radius 3 is 2.00 bits per heavy atom. The number of rotatable bonds is 5. The molecule has 0 saturated carbocycles. The summed E-state index contributed by atoms with van der Waals surface area (Å²) in [4.78, 5) is 37.4. The Morgan fingerprint density at radius 1 is 0.804 bits per heavy atom. The van der Waals surface area contributed by atoms with Crippen LogP contribution in [0.4, 0.5) is 4.39 Å². The minimum atomic E-state index is -1.14. The number of benzene rings is 2. The van der Waals surface area contributed by atoms with E-state index in [4.69, 9.17) is 5.73 Å². The number of halogens is 1. The first kappa shape index (κ1) is 34.4. The highest BCUT2D eigenvalue weighted by molar-refractivity contribution is 6.00. The molecule has 0 radical (unpaired) electrons. The van der Waals surface area contributed by atoms with Crippen molar-refractivity contribution in [2.75, 3.05) is 0 Å². The van der Waals surface area contributed by atoms with E-state index in [1.165, 1.54) is 6.07 Å². The predicted molar refractivity (Wildman–Crippen MR) is 182 cm³/mol. The maximum Gasteiger partial charge on any atom is 0.255 e. The molecule has 0 saturated heterocycles. The standard InChI is InChI=1S/C25H24FN3O3.C12H20N2/c1-24(2,14-9-10-27-21(11-14)25(3,4)32)29-23(31)16-13-20-17(12-18(16)26)22(30)15-7-5-6-8-19(15)28-20;1-11(2,3)10-8-9(6-7-14-10)12(4,5)13/h5-13,32H,1-4H3,(H,28,30)(H,29,31);6-8H,13H2,1-5H3. The van der Waals surface area contributed by atoms with E-state index >= 15 is 0 Å². The lowest BCUT2D eigenvalue weighted by molar-refractivity contribution is 0.0736. The third-order valence-corrected chi connectivity index (χ3v) is 7.84. The Balaban J connectivity index is 0.000000288. The van der Waals surface area contributed by atoms with E-state index in [2.05, 4.69) is 47.1 Å². The molecule has 5 rings (SSSR count). The molecule has 0 aliphatic heterocycles. The fourth-order valence-electron chi connectivity index (χ4n) is 4.94. The minimum absolute atomic E-state index is 0.0846. The number of aromatic amines is 1. The van der Waals surface area contributed by atoms with Gasteiger partial charge in [0.15, 0.2) is 5.43 Å². The van der Waals surface area contributed by atoms with Crippen LogP contribution in [-0.2, 0) is 22.1 Å². The van der Waals surface area contributed by atoms with E-state index in [1.807, 2.05) is 26.1 Å². The highest BCUT2D eigenvalue weighted by Crippen LogP contribution is 2.27. The second kappa shape index (κ2) is 12.4. The predicted octanol–water partition coefficient (Wildman–Crippen LogP) is 6.68. The third kappa shape index (κ3) is 7.66. The summed E-state index contributed by atoms with van der Waals surface area (Å²) in [5, 5.41) is 13.7. The maximum absolute atomic E-state index is 14.9. The number of para-hydroxylation sites is 1. The Labute approximate surface area is 269 Å². The average Bonchev–Trinajstić information content (AvgIpc) is 2.96. The molecule has 0 unspecified atom stereocenters. The number of hydrogen-bond donors (Lipinski definition) is 4. The Bertz CT molecular complexity index is 1930. The van der Waals surface area contributed by atoms with Crippen molar-refractivity contribution in [3.8, 4) is 0 Å². The van der Waals surface area contributed by atoms with Crippen LogP contribution in [0.25, 0.3) is 21.8 Å². The largest absolute Gasteiger partial charge is 0.384 e. The molecule has 9 heteroatoms. The molecule has 46 heavy (non-hydrogen) atoms. The molecule has 5 aromatic rings. The van der Waals surface area contributed by atoms with Gasteiger partial charge < -0.3 is 21.1 Å². The number of aromatic nitrogens is 3. The summed E-state index contributed by atoms with van der Waals surface area (Å²) in [6.07, 6.45) is 3.40. The smallest absolute Gasteiger partial charge is 0.255 e. The molecule has 0 spiro atoms. The lowest BCUT2D eigenvalue weighted by atomic mass is 9.88. The van der Waals surface area contributed by atoms with Crippen molar-refractivity contribution in [3.05, 3.63) is 117 Å². The molecule has 0 aliphatic carbocycles. The van der Waals surface area contributed by atoms with Crippen LogP contribution in [0.3, 0.4) is 0 Å². The SMILES string of the molecule is CC(C)(C)c1cc(C(C)(C)N)ccn1.CC(C)(O)c1cc(C(C)(C)NC(=O)c2cc3[nH]c4ccccc4c(=O)c3cc2F)ccn1. The first-order valence-electron chi connectivity index (χ1n) is 15.2. The van der Waals surface area contributed by atoms with Crippen molar-refractivity contribution < 1.29 is 14.3 Å². The molecule has 0 bridgehead atoms. The van der Waals surface area contributed by atoms with E-state index in [1.54, 1.807) is 70.3 Å². The van der Waals surface area contributed by atoms with Crippen LogP contribution in [0, 0.1) is 5.82 Å². The Hall–Kier alpha value is -4.47. The number of fused-ring (bicyclic) bond motifs is 2. The van der Waals surface area contributed by atoms with Crippen molar-refractivity contribution in [2.24, 2.45) is 5.73 Å². The van der Waals surface area contributed by atoms with Crippen LogP contribution < -0.4 is 16.5 Å². The van der Waals surface area contributed by atoms with E-state index in [9.17, 15) is 19.1 Å². The number of nitrogens with zero attached hydrogens (tertiary/aromatic N) is 2. The Kier molecular flexibility index (Phi) is 9.26. The number of aliphatic hydroxyl groups is 1. The Morgan fingerprint density at radius 2 is 1.39 bits per heavy atom. The molecule has 0 aliphatic rings. The van der Waals surface area contributed by atoms with Crippen molar-refractivity contribution in [1.82, 2.24) is 20.3 Å². The number of carbonyl (C=O) groups excluding carboxylic acids is 1. The summed E-state index contributed by atoms with van der Waals surface area (Å²) in [6.45, 7) is 17.3. The second-order valence-electron chi connectivity index (χ2n) is 14.3. The van der Waals surface area contributed by atoms with Gasteiger partial charge in [-0.2, -0.15) is 0 Å². The van der Waals surface area contributed by atoms with Crippen molar-refractivity contribution >= 4 is 27.7 Å². The second-order valence-corrected chi connectivity index (χ2v) is 14.3. The lowest BCUT2D eigenvalue weighted by Crippen LogP contribution is -2.41. The zero-order valence-electron chi connectivity index (χ0n) is 28.0. The quantitative estimate of drug-likeness (QED) is 0.161. The van der Waals surface area contributed by atoms with E-state index in [-0.39, 0.29) is 27.3 Å². The number of hydrogen-bond acceptors (Lipinski definition) is 6. The van der Waals surface area contributed by atoms with Gasteiger partial charge in [-0.05, 0) is 101 Å². The number of H-pyrrole nitrogens is 1. The van der Waals surface area contributed by atoms with Gasteiger partial charge in [0.25, 0.3) is 5.91 Å². The first-order chi connectivity index (χ1) is 21.2. The molecule has 2 aromatic carbocycles. The van der Waals surface area contributed by atoms with Crippen molar-refractivity contribution in [1.29, 1.82) is 0 Å². The van der Waals surface area contributed by atoms with Gasteiger partial charge in [-0.3, -0.25) is 19.6 Å². The number of pyridine rings is 3. The van der Waals surface area contributed by atoms with Crippen molar-refractivity contribution in [2.45, 2.75) is 84.4 Å². The molecule has 0 atom stereocenters. The normalized spacial score (nSPS) is 12.5. The number of nitrogens with one attached hydrogen (secondary N) is 2. The fourth-order valence-corrected chi connectivity index (χ4v) is 4.94. The fraction of sp³-hybridized carbons (Fsp3) is 0.351. The topological polar surface area (TPSA) is 134 Å². The summed E-state index contributed by atoms with van der Waals surface area (Å²) in [5.74, 6) is -1.40. The van der Waals surface area contributed by atoms with Crippen LogP contribution in [0.1, 0.15) is 95.2 Å². The van der Waals surface area contributed by atoms with Crippen LogP contribution in [0.2, 0.25) is 0 Å². The van der Waals surface area contributed by atoms with Gasteiger partial charge in [0.05, 0.1) is 22.3 Å². The summed E-state index contributed by atoms with van der Waals surface area (Å²) in [7, 11) is 0. The van der Waals surface area contributed by atoms with Gasteiger partial charge in [0.2, 0.25) is 0 Å². The molecular weight excluding hydrogens is 581 g/mol. The molecule has 3 aromatic heterocycles. The van der Waals surface area contributed by atoms with Gasteiger partial charge in [-0.15, -0.1) is 0 Å². The summed E-state index contributed by atoms with van der Waals surface area (Å²) >= 11 is 0.